The Balaban J connectivity index is 4.47. The van der Waals surface area contributed by atoms with Gasteiger partial charge in [-0.1, -0.05) is 258 Å². The van der Waals surface area contributed by atoms with Crippen molar-refractivity contribution in [1.29, 1.82) is 0 Å². The first kappa shape index (κ1) is 60.6. The molecule has 6 heteroatoms. The van der Waals surface area contributed by atoms with Crippen molar-refractivity contribution >= 4 is 11.9 Å². The quantitative estimate of drug-likeness (QED) is 0.0321. The first-order valence-corrected chi connectivity index (χ1v) is 27.9. The molecule has 3 unspecified atom stereocenters. The van der Waals surface area contributed by atoms with Crippen LogP contribution < -0.4 is 5.32 Å². The highest BCUT2D eigenvalue weighted by molar-refractivity contribution is 5.77. The van der Waals surface area contributed by atoms with Gasteiger partial charge in [0.2, 0.25) is 5.91 Å². The lowest BCUT2D eigenvalue weighted by Gasteiger charge is -2.24. The second kappa shape index (κ2) is 50.6. The molecule has 0 aliphatic heterocycles. The number of carbonyl (C=O) groups excluding carboxylic acids is 2. The van der Waals surface area contributed by atoms with E-state index in [-0.39, 0.29) is 24.9 Å². The van der Waals surface area contributed by atoms with Crippen LogP contribution in [0.5, 0.6) is 0 Å². The lowest BCUT2D eigenvalue weighted by atomic mass is 10.0. The highest BCUT2D eigenvalue weighted by Gasteiger charge is 2.24. The van der Waals surface area contributed by atoms with E-state index in [1.54, 1.807) is 0 Å². The third kappa shape index (κ3) is 45.2. The predicted molar refractivity (Wildman–Crippen MR) is 269 cm³/mol. The van der Waals surface area contributed by atoms with Gasteiger partial charge in [-0.2, -0.15) is 0 Å². The van der Waals surface area contributed by atoms with Crippen molar-refractivity contribution in [2.45, 2.75) is 328 Å². The first-order chi connectivity index (χ1) is 30.5. The van der Waals surface area contributed by atoms with E-state index in [2.05, 4.69) is 38.2 Å². The summed E-state index contributed by atoms with van der Waals surface area (Å²) in [5, 5.41) is 23.8. The van der Waals surface area contributed by atoms with E-state index in [0.29, 0.717) is 19.3 Å². The second-order valence-corrected chi connectivity index (χ2v) is 19.3. The van der Waals surface area contributed by atoms with Crippen LogP contribution in [-0.2, 0) is 14.3 Å². The summed E-state index contributed by atoms with van der Waals surface area (Å²) >= 11 is 0. The van der Waals surface area contributed by atoms with Gasteiger partial charge in [0.1, 0.15) is 6.10 Å². The monoisotopic (exact) mass is 876 g/mol. The molecular weight excluding hydrogens is 767 g/mol. The number of aliphatic hydroxyl groups is 2. The van der Waals surface area contributed by atoms with Gasteiger partial charge in [-0.15, -0.1) is 0 Å². The van der Waals surface area contributed by atoms with Gasteiger partial charge in [-0.3, -0.25) is 9.59 Å². The summed E-state index contributed by atoms with van der Waals surface area (Å²) in [7, 11) is 0. The minimum atomic E-state index is -0.783. The summed E-state index contributed by atoms with van der Waals surface area (Å²) in [5.74, 6) is -0.460. The number of unbranched alkanes of at least 4 members (excludes halogenated alkanes) is 37. The molecule has 0 saturated heterocycles. The maximum atomic E-state index is 13.2. The van der Waals surface area contributed by atoms with Crippen LogP contribution in [0.1, 0.15) is 310 Å². The van der Waals surface area contributed by atoms with E-state index >= 15 is 0 Å². The van der Waals surface area contributed by atoms with Crippen LogP contribution in [0.2, 0.25) is 0 Å². The standard InChI is InChI=1S/C56H109NO5/c1-4-7-10-13-16-19-22-24-26-28-29-31-33-35-38-41-44-47-52(62-56(61)49-46-43-40-37-21-18-15-12-9-6-3)50-55(60)57-53(51-58)54(59)48-45-42-39-36-34-32-30-27-25-23-20-17-14-11-8-5-2/h24,26,52-54,58-59H,4-23,25,27-51H2,1-3H3,(H,57,60)/b26-24+. The minimum Gasteiger partial charge on any atom is -0.462 e. The van der Waals surface area contributed by atoms with E-state index in [4.69, 9.17) is 4.74 Å². The number of rotatable bonds is 51. The fourth-order valence-electron chi connectivity index (χ4n) is 8.84. The summed E-state index contributed by atoms with van der Waals surface area (Å²) in [6.45, 7) is 6.50. The Bertz CT molecular complexity index is 939. The zero-order valence-electron chi connectivity index (χ0n) is 42.0. The summed E-state index contributed by atoms with van der Waals surface area (Å²) in [6.07, 6.45) is 57.0. The number of allylic oxidation sites excluding steroid dienone is 2. The van der Waals surface area contributed by atoms with Crippen LogP contribution in [0.15, 0.2) is 12.2 Å². The Hall–Kier alpha value is -1.40. The van der Waals surface area contributed by atoms with E-state index < -0.39 is 18.2 Å². The molecule has 3 atom stereocenters. The molecule has 0 rings (SSSR count). The fraction of sp³-hybridized carbons (Fsp3) is 0.929. The molecule has 62 heavy (non-hydrogen) atoms. The molecule has 0 spiro atoms. The maximum absolute atomic E-state index is 13.2. The number of hydrogen-bond acceptors (Lipinski definition) is 5. The molecule has 0 heterocycles. The SMILES string of the molecule is CCCCCCCC/C=C/CCCCCCCCCC(CC(=O)NC(CO)C(O)CCCCCCCCCCCCCCCCCC)OC(=O)CCCCCCCCCCCC. The number of aliphatic hydroxyl groups excluding tert-OH is 2. The summed E-state index contributed by atoms with van der Waals surface area (Å²) < 4.78 is 5.94. The lowest BCUT2D eigenvalue weighted by molar-refractivity contribution is -0.151. The van der Waals surface area contributed by atoms with Crippen LogP contribution in [0.4, 0.5) is 0 Å². The Kier molecular flexibility index (Phi) is 49.5. The Morgan fingerprint density at radius 3 is 1.15 bits per heavy atom. The molecule has 0 aliphatic rings. The largest absolute Gasteiger partial charge is 0.462 e. The van der Waals surface area contributed by atoms with Crippen LogP contribution in [0.3, 0.4) is 0 Å². The van der Waals surface area contributed by atoms with Gasteiger partial charge in [0, 0.05) is 6.42 Å². The molecule has 0 aliphatic carbocycles. The van der Waals surface area contributed by atoms with Gasteiger partial charge in [-0.25, -0.2) is 0 Å². The van der Waals surface area contributed by atoms with E-state index in [1.807, 2.05) is 0 Å². The molecule has 0 saturated carbocycles. The number of nitrogens with one attached hydrogen (secondary N) is 1. The summed E-state index contributed by atoms with van der Waals surface area (Å²) in [4.78, 5) is 26.2. The van der Waals surface area contributed by atoms with Crippen molar-refractivity contribution in [3.63, 3.8) is 0 Å². The molecule has 0 aromatic rings. The predicted octanol–water partition coefficient (Wildman–Crippen LogP) is 16.9. The first-order valence-electron chi connectivity index (χ1n) is 27.9. The van der Waals surface area contributed by atoms with Crippen LogP contribution in [0.25, 0.3) is 0 Å². The second-order valence-electron chi connectivity index (χ2n) is 19.3. The third-order valence-electron chi connectivity index (χ3n) is 13.1. The summed E-state index contributed by atoms with van der Waals surface area (Å²) in [5.41, 5.74) is 0. The molecule has 0 bridgehead atoms. The van der Waals surface area contributed by atoms with Gasteiger partial charge >= 0.3 is 5.97 Å². The topological polar surface area (TPSA) is 95.9 Å². The van der Waals surface area contributed by atoms with Crippen molar-refractivity contribution < 1.29 is 24.5 Å². The highest BCUT2D eigenvalue weighted by atomic mass is 16.5. The molecule has 3 N–H and O–H groups in total. The Labute approximate surface area is 387 Å². The molecular formula is C56H109NO5. The molecule has 368 valence electrons. The molecule has 0 aromatic heterocycles. The average molecular weight is 876 g/mol. The fourth-order valence-corrected chi connectivity index (χ4v) is 8.84. The van der Waals surface area contributed by atoms with Gasteiger partial charge < -0.3 is 20.3 Å². The van der Waals surface area contributed by atoms with Crippen LogP contribution >= 0.6 is 0 Å². The van der Waals surface area contributed by atoms with Gasteiger partial charge in [-0.05, 0) is 51.4 Å². The van der Waals surface area contributed by atoms with Crippen molar-refractivity contribution in [2.24, 2.45) is 0 Å². The zero-order chi connectivity index (χ0) is 45.2. The number of ether oxygens (including phenoxy) is 1. The minimum absolute atomic E-state index is 0.0818. The smallest absolute Gasteiger partial charge is 0.306 e. The highest BCUT2D eigenvalue weighted by Crippen LogP contribution is 2.19. The number of amides is 1. The van der Waals surface area contributed by atoms with Gasteiger partial charge in [0.15, 0.2) is 0 Å². The van der Waals surface area contributed by atoms with E-state index in [9.17, 15) is 19.8 Å². The molecule has 0 fully saturated rings. The number of hydrogen-bond donors (Lipinski definition) is 3. The molecule has 6 nitrogen and oxygen atoms in total. The van der Waals surface area contributed by atoms with Crippen molar-refractivity contribution in [2.75, 3.05) is 6.61 Å². The zero-order valence-corrected chi connectivity index (χ0v) is 42.0. The average Bonchev–Trinajstić information content (AvgIpc) is 3.26. The van der Waals surface area contributed by atoms with Crippen molar-refractivity contribution in [3.8, 4) is 0 Å². The third-order valence-corrected chi connectivity index (χ3v) is 13.1. The summed E-state index contributed by atoms with van der Waals surface area (Å²) in [6, 6.07) is -0.697. The van der Waals surface area contributed by atoms with Gasteiger partial charge in [0.25, 0.3) is 0 Å². The lowest BCUT2D eigenvalue weighted by Crippen LogP contribution is -2.46. The van der Waals surface area contributed by atoms with Crippen molar-refractivity contribution in [1.82, 2.24) is 5.32 Å². The molecule has 1 amide bonds. The Morgan fingerprint density at radius 2 is 0.774 bits per heavy atom. The maximum Gasteiger partial charge on any atom is 0.306 e. The van der Waals surface area contributed by atoms with Crippen LogP contribution in [0, 0.1) is 0 Å². The van der Waals surface area contributed by atoms with E-state index in [0.717, 1.165) is 51.4 Å². The van der Waals surface area contributed by atoms with Gasteiger partial charge in [0.05, 0.1) is 25.2 Å². The normalized spacial score (nSPS) is 13.2. The number of esters is 1. The Morgan fingerprint density at radius 1 is 0.452 bits per heavy atom. The van der Waals surface area contributed by atoms with E-state index in [1.165, 1.54) is 212 Å². The molecule has 0 radical (unpaired) electrons. The van der Waals surface area contributed by atoms with Crippen LogP contribution in [-0.4, -0.2) is 46.9 Å². The molecule has 0 aromatic carbocycles. The number of carbonyl (C=O) groups is 2. The van der Waals surface area contributed by atoms with Crippen molar-refractivity contribution in [3.05, 3.63) is 12.2 Å².